The van der Waals surface area contributed by atoms with Crippen molar-refractivity contribution in [3.05, 3.63) is 82.8 Å². The molecule has 27 heavy (non-hydrogen) atoms. The molecule has 0 spiro atoms. The van der Waals surface area contributed by atoms with Crippen LogP contribution in [0.15, 0.2) is 82.3 Å². The molecule has 0 saturated carbocycles. The lowest BCUT2D eigenvalue weighted by Crippen LogP contribution is -1.78. The Labute approximate surface area is 169 Å². The summed E-state index contributed by atoms with van der Waals surface area (Å²) in [6, 6.07) is 21.3. The Hall–Kier alpha value is -2.76. The zero-order valence-electron chi connectivity index (χ0n) is 14.2. The van der Waals surface area contributed by atoms with E-state index in [1.807, 2.05) is 66.7 Å². The predicted octanol–water partition coefficient (Wildman–Crippen LogP) is 6.85. The molecule has 0 amide bonds. The van der Waals surface area contributed by atoms with Crippen LogP contribution in [0.2, 0.25) is 0 Å². The number of phenolic OH excluding ortho intramolecular Hbond substituents is 1. The van der Waals surface area contributed by atoms with E-state index in [1.165, 1.54) is 0 Å². The molecule has 0 fully saturated rings. The first kappa shape index (κ1) is 17.6. The summed E-state index contributed by atoms with van der Waals surface area (Å²) >= 11 is 4.98. The molecule has 0 aliphatic rings. The Morgan fingerprint density at radius 3 is 2.63 bits per heavy atom. The van der Waals surface area contributed by atoms with Crippen LogP contribution in [0.5, 0.6) is 5.75 Å². The van der Waals surface area contributed by atoms with Crippen molar-refractivity contribution >= 4 is 55.5 Å². The summed E-state index contributed by atoms with van der Waals surface area (Å²) in [5.41, 5.74) is 3.50. The molecular weight excluding hydrogens is 420 g/mol. The van der Waals surface area contributed by atoms with Crippen molar-refractivity contribution in [2.45, 2.75) is 0 Å². The molecule has 1 N–H and O–H groups in total. The first-order valence-electron chi connectivity index (χ1n) is 8.34. The van der Waals surface area contributed by atoms with Gasteiger partial charge >= 0.3 is 0 Å². The molecule has 0 aliphatic heterocycles. The number of rotatable bonds is 4. The molecule has 4 aromatic rings. The van der Waals surface area contributed by atoms with E-state index in [0.717, 1.165) is 30.9 Å². The summed E-state index contributed by atoms with van der Waals surface area (Å²) in [5.74, 6) is 0.207. The first-order chi connectivity index (χ1) is 13.2. The van der Waals surface area contributed by atoms with Crippen LogP contribution in [0, 0.1) is 0 Å². The smallest absolute Gasteiger partial charge is 0.128 e. The molecule has 0 unspecified atom stereocenters. The number of aliphatic imine (C=N–C) groups is 1. The van der Waals surface area contributed by atoms with Gasteiger partial charge in [0.05, 0.1) is 21.5 Å². The quantitative estimate of drug-likeness (QED) is 0.357. The van der Waals surface area contributed by atoms with Crippen LogP contribution in [0.3, 0.4) is 0 Å². The van der Waals surface area contributed by atoms with E-state index < -0.39 is 0 Å². The third-order valence-corrected chi connectivity index (χ3v) is 5.57. The third kappa shape index (κ3) is 4.15. The molecule has 1 aromatic heterocycles. The number of fused-ring (bicyclic) bond motifs is 1. The lowest BCUT2D eigenvalue weighted by atomic mass is 10.2. The summed E-state index contributed by atoms with van der Waals surface area (Å²) in [4.78, 5) is 9.08. The van der Waals surface area contributed by atoms with E-state index in [-0.39, 0.29) is 5.75 Å². The van der Waals surface area contributed by atoms with E-state index in [0.29, 0.717) is 5.56 Å². The summed E-state index contributed by atoms with van der Waals surface area (Å²) in [5, 5.41) is 11.0. The van der Waals surface area contributed by atoms with Crippen LogP contribution in [0.1, 0.15) is 5.56 Å². The third-order valence-electron chi connectivity index (χ3n) is 3.97. The minimum atomic E-state index is 0.207. The summed E-state index contributed by atoms with van der Waals surface area (Å²) < 4.78 is 2.15. The van der Waals surface area contributed by atoms with Crippen LogP contribution in [-0.4, -0.2) is 16.3 Å². The van der Waals surface area contributed by atoms with Gasteiger partial charge in [0.2, 0.25) is 0 Å². The molecule has 3 aromatic carbocycles. The molecule has 5 heteroatoms. The van der Waals surface area contributed by atoms with Gasteiger partial charge in [-0.05, 0) is 54.1 Å². The van der Waals surface area contributed by atoms with Crippen molar-refractivity contribution in [1.82, 2.24) is 4.98 Å². The highest BCUT2D eigenvalue weighted by Crippen LogP contribution is 2.37. The summed E-state index contributed by atoms with van der Waals surface area (Å²) in [6.07, 6.45) is 5.63. The zero-order chi connectivity index (χ0) is 18.6. The number of hydrogen-bond acceptors (Lipinski definition) is 4. The Balaban J connectivity index is 1.57. The summed E-state index contributed by atoms with van der Waals surface area (Å²) in [7, 11) is 0. The van der Waals surface area contributed by atoms with Crippen LogP contribution >= 0.6 is 27.3 Å². The number of allylic oxidation sites excluding steroid dienone is 1. The van der Waals surface area contributed by atoms with Gasteiger partial charge in [0, 0.05) is 10.7 Å². The Bertz CT molecular complexity index is 1110. The van der Waals surface area contributed by atoms with Crippen LogP contribution in [0.4, 0.5) is 5.69 Å². The molecule has 4 rings (SSSR count). The number of hydrogen-bond donors (Lipinski definition) is 1. The fourth-order valence-corrected chi connectivity index (χ4v) is 3.88. The highest BCUT2D eigenvalue weighted by atomic mass is 79.9. The average molecular weight is 435 g/mol. The molecular formula is C22H15BrN2OS. The van der Waals surface area contributed by atoms with Gasteiger partial charge in [0.25, 0.3) is 0 Å². The van der Waals surface area contributed by atoms with Crippen LogP contribution < -0.4 is 0 Å². The van der Waals surface area contributed by atoms with Crippen molar-refractivity contribution in [2.24, 2.45) is 4.99 Å². The fraction of sp³-hybridized carbons (Fsp3) is 0. The second kappa shape index (κ2) is 7.86. The number of aromatic hydroxyl groups is 1. The van der Waals surface area contributed by atoms with Gasteiger partial charge in [-0.2, -0.15) is 0 Å². The monoisotopic (exact) mass is 434 g/mol. The van der Waals surface area contributed by atoms with Gasteiger partial charge in [0.15, 0.2) is 0 Å². The highest BCUT2D eigenvalue weighted by Gasteiger charge is 2.10. The predicted molar refractivity (Wildman–Crippen MR) is 118 cm³/mol. The zero-order valence-corrected chi connectivity index (χ0v) is 16.6. The van der Waals surface area contributed by atoms with Gasteiger partial charge in [-0.15, -0.1) is 11.3 Å². The van der Waals surface area contributed by atoms with Crippen molar-refractivity contribution in [3.8, 4) is 16.3 Å². The number of para-hydroxylation sites is 1. The second-order valence-electron chi connectivity index (χ2n) is 5.88. The Kier molecular flexibility index (Phi) is 5.14. The number of aromatic nitrogens is 1. The molecule has 1 heterocycles. The molecule has 0 aliphatic carbocycles. The molecule has 0 saturated heterocycles. The van der Waals surface area contributed by atoms with Gasteiger partial charge in [0.1, 0.15) is 10.8 Å². The molecule has 0 atom stereocenters. The number of phenols is 1. The van der Waals surface area contributed by atoms with Gasteiger partial charge in [-0.1, -0.05) is 46.3 Å². The van der Waals surface area contributed by atoms with E-state index >= 15 is 0 Å². The SMILES string of the molecule is Oc1ccc(N=C/C=C\c2ccc(Br)cc2)cc1-c1nc2ccccc2s1. The molecule has 3 nitrogen and oxygen atoms in total. The maximum absolute atomic E-state index is 10.3. The van der Waals surface area contributed by atoms with Gasteiger partial charge in [-0.25, -0.2) is 4.98 Å². The highest BCUT2D eigenvalue weighted by molar-refractivity contribution is 9.10. The van der Waals surface area contributed by atoms with Crippen molar-refractivity contribution in [3.63, 3.8) is 0 Å². The standard InChI is InChI=1S/C22H15BrN2OS/c23-16-9-7-15(8-10-16)4-3-13-24-17-11-12-20(26)18(14-17)22-25-19-5-1-2-6-21(19)27-22/h1-14,26H/b4-3-,24-13?. The number of nitrogens with zero attached hydrogens (tertiary/aromatic N) is 2. The first-order valence-corrected chi connectivity index (χ1v) is 9.95. The average Bonchev–Trinajstić information content (AvgIpc) is 3.12. The number of benzene rings is 3. The lowest BCUT2D eigenvalue weighted by molar-refractivity contribution is 0.477. The number of halogens is 1. The normalized spacial score (nSPS) is 11.7. The van der Waals surface area contributed by atoms with Crippen molar-refractivity contribution in [2.75, 3.05) is 0 Å². The Morgan fingerprint density at radius 1 is 1.00 bits per heavy atom. The molecule has 132 valence electrons. The van der Waals surface area contributed by atoms with Crippen LogP contribution in [0.25, 0.3) is 26.9 Å². The van der Waals surface area contributed by atoms with E-state index in [2.05, 4.69) is 25.9 Å². The minimum Gasteiger partial charge on any atom is -0.507 e. The van der Waals surface area contributed by atoms with Crippen LogP contribution in [-0.2, 0) is 0 Å². The molecule has 0 radical (unpaired) electrons. The Morgan fingerprint density at radius 2 is 1.81 bits per heavy atom. The fourth-order valence-electron chi connectivity index (χ4n) is 2.62. The van der Waals surface area contributed by atoms with Gasteiger partial charge in [-0.3, -0.25) is 4.99 Å². The van der Waals surface area contributed by atoms with E-state index in [9.17, 15) is 5.11 Å². The molecule has 0 bridgehead atoms. The minimum absolute atomic E-state index is 0.207. The van der Waals surface area contributed by atoms with Gasteiger partial charge < -0.3 is 5.11 Å². The van der Waals surface area contributed by atoms with Crippen molar-refractivity contribution in [1.29, 1.82) is 0 Å². The number of thiazole rings is 1. The lowest BCUT2D eigenvalue weighted by Gasteiger charge is -2.02. The second-order valence-corrected chi connectivity index (χ2v) is 7.82. The topological polar surface area (TPSA) is 45.5 Å². The maximum atomic E-state index is 10.3. The van der Waals surface area contributed by atoms with Crippen molar-refractivity contribution < 1.29 is 5.11 Å². The maximum Gasteiger partial charge on any atom is 0.128 e. The van der Waals surface area contributed by atoms with E-state index in [4.69, 9.17) is 0 Å². The summed E-state index contributed by atoms with van der Waals surface area (Å²) in [6.45, 7) is 0. The van der Waals surface area contributed by atoms with E-state index in [1.54, 1.807) is 29.7 Å². The largest absolute Gasteiger partial charge is 0.507 e.